The lowest BCUT2D eigenvalue weighted by Gasteiger charge is -2.11. The number of hydrogen-bond acceptors (Lipinski definition) is 4. The van der Waals surface area contributed by atoms with Crippen molar-refractivity contribution in [2.75, 3.05) is 13.7 Å². The van der Waals surface area contributed by atoms with E-state index in [1.807, 2.05) is 0 Å². The number of aromatic hydroxyl groups is 1. The minimum absolute atomic E-state index is 0.0747. The molecule has 0 aliphatic rings. The van der Waals surface area contributed by atoms with Crippen LogP contribution < -0.4 is 10.1 Å². The molecule has 1 rings (SSSR count). The molecule has 0 aliphatic carbocycles. The van der Waals surface area contributed by atoms with Gasteiger partial charge in [-0.2, -0.15) is 0 Å². The van der Waals surface area contributed by atoms with Gasteiger partial charge in [-0.05, 0) is 19.1 Å². The van der Waals surface area contributed by atoms with Gasteiger partial charge in [-0.3, -0.25) is 4.79 Å². The van der Waals surface area contributed by atoms with E-state index in [9.17, 15) is 9.90 Å². The fraction of sp³-hybridized carbons (Fsp3) is 0.364. The third-order valence-electron chi connectivity index (χ3n) is 2.01. The molecule has 0 radical (unpaired) electrons. The number of phenolic OH excluding ortho intramolecular Hbond substituents is 1. The number of amides is 1. The van der Waals surface area contributed by atoms with E-state index in [1.165, 1.54) is 13.2 Å². The van der Waals surface area contributed by atoms with Crippen LogP contribution in [0.15, 0.2) is 18.2 Å². The molecule has 16 heavy (non-hydrogen) atoms. The molecule has 1 amide bonds. The Morgan fingerprint density at radius 3 is 2.81 bits per heavy atom. The summed E-state index contributed by atoms with van der Waals surface area (Å²) in [6, 6.07) is 4.57. The van der Waals surface area contributed by atoms with Gasteiger partial charge in [0.2, 0.25) is 0 Å². The summed E-state index contributed by atoms with van der Waals surface area (Å²) in [5.74, 6) is -0.332. The van der Waals surface area contributed by atoms with Crippen LogP contribution in [0.2, 0.25) is 0 Å². The highest BCUT2D eigenvalue weighted by molar-refractivity contribution is 5.99. The zero-order valence-corrected chi connectivity index (χ0v) is 9.23. The lowest BCUT2D eigenvalue weighted by molar-refractivity contribution is 0.0918. The maximum Gasteiger partial charge on any atom is 0.258 e. The van der Waals surface area contributed by atoms with Gasteiger partial charge >= 0.3 is 0 Å². The quantitative estimate of drug-likeness (QED) is 0.697. The first-order chi connectivity index (χ1) is 7.56. The number of aliphatic hydroxyl groups is 1. The lowest BCUT2D eigenvalue weighted by Crippen LogP contribution is -2.30. The molecule has 3 N–H and O–H groups in total. The molecule has 1 atom stereocenters. The topological polar surface area (TPSA) is 78.8 Å². The zero-order chi connectivity index (χ0) is 12.1. The Morgan fingerprint density at radius 2 is 2.25 bits per heavy atom. The number of carbonyl (C=O) groups excluding carboxylic acids is 1. The molecular weight excluding hydrogens is 210 g/mol. The molecule has 0 fully saturated rings. The molecule has 0 heterocycles. The molecule has 88 valence electrons. The van der Waals surface area contributed by atoms with Gasteiger partial charge < -0.3 is 20.3 Å². The summed E-state index contributed by atoms with van der Waals surface area (Å²) in [5, 5.41) is 21.1. The molecular formula is C11H15NO4. The first-order valence-corrected chi connectivity index (χ1v) is 4.88. The van der Waals surface area contributed by atoms with Gasteiger partial charge in [0.1, 0.15) is 17.1 Å². The van der Waals surface area contributed by atoms with E-state index in [1.54, 1.807) is 19.1 Å². The second kappa shape index (κ2) is 5.37. The summed E-state index contributed by atoms with van der Waals surface area (Å²) in [7, 11) is 1.42. The molecule has 1 aromatic carbocycles. The fourth-order valence-corrected chi connectivity index (χ4v) is 1.25. The monoisotopic (exact) mass is 225 g/mol. The summed E-state index contributed by atoms with van der Waals surface area (Å²) in [6.07, 6.45) is -0.638. The number of nitrogens with one attached hydrogen (secondary N) is 1. The predicted molar refractivity (Wildman–Crippen MR) is 58.7 cm³/mol. The van der Waals surface area contributed by atoms with E-state index in [0.29, 0.717) is 5.75 Å². The second-order valence-electron chi connectivity index (χ2n) is 3.41. The summed E-state index contributed by atoms with van der Waals surface area (Å²) >= 11 is 0. The van der Waals surface area contributed by atoms with Crippen LogP contribution in [0.1, 0.15) is 17.3 Å². The van der Waals surface area contributed by atoms with Crippen LogP contribution in [0.5, 0.6) is 11.5 Å². The van der Waals surface area contributed by atoms with Gasteiger partial charge in [0, 0.05) is 6.54 Å². The number of hydrogen-bond donors (Lipinski definition) is 3. The summed E-state index contributed by atoms with van der Waals surface area (Å²) < 4.78 is 4.97. The molecule has 0 spiro atoms. The van der Waals surface area contributed by atoms with Crippen molar-refractivity contribution in [3.63, 3.8) is 0 Å². The summed E-state index contributed by atoms with van der Waals surface area (Å²) in [6.45, 7) is 1.68. The minimum atomic E-state index is -0.638. The third-order valence-corrected chi connectivity index (χ3v) is 2.01. The van der Waals surface area contributed by atoms with Crippen LogP contribution in [0.3, 0.4) is 0 Å². The molecule has 0 bridgehead atoms. The van der Waals surface area contributed by atoms with Gasteiger partial charge in [-0.15, -0.1) is 0 Å². The van der Waals surface area contributed by atoms with Crippen LogP contribution in [-0.4, -0.2) is 35.9 Å². The van der Waals surface area contributed by atoms with Gasteiger partial charge in [0.05, 0.1) is 13.2 Å². The lowest BCUT2D eigenvalue weighted by atomic mass is 10.1. The molecule has 5 nitrogen and oxygen atoms in total. The smallest absolute Gasteiger partial charge is 0.258 e. The molecule has 0 aliphatic heterocycles. The van der Waals surface area contributed by atoms with Crippen molar-refractivity contribution in [3.05, 3.63) is 23.8 Å². The first kappa shape index (κ1) is 12.3. The highest BCUT2D eigenvalue weighted by Gasteiger charge is 2.16. The molecule has 5 heteroatoms. The SMILES string of the molecule is COc1cccc(O)c1C(=O)NCC(C)O. The summed E-state index contributed by atoms with van der Waals surface area (Å²) in [5.41, 5.74) is 0.0747. The Bertz CT molecular complexity index is 376. The van der Waals surface area contributed by atoms with Crippen molar-refractivity contribution in [1.29, 1.82) is 0 Å². The number of carbonyl (C=O) groups is 1. The van der Waals surface area contributed by atoms with E-state index in [2.05, 4.69) is 5.32 Å². The van der Waals surface area contributed by atoms with Crippen LogP contribution in [0.25, 0.3) is 0 Å². The van der Waals surface area contributed by atoms with Crippen molar-refractivity contribution < 1.29 is 19.7 Å². The van der Waals surface area contributed by atoms with E-state index in [4.69, 9.17) is 9.84 Å². The zero-order valence-electron chi connectivity index (χ0n) is 9.23. The maximum absolute atomic E-state index is 11.7. The highest BCUT2D eigenvalue weighted by atomic mass is 16.5. The second-order valence-corrected chi connectivity index (χ2v) is 3.41. The van der Waals surface area contributed by atoms with E-state index >= 15 is 0 Å². The number of phenols is 1. The maximum atomic E-state index is 11.7. The standard InChI is InChI=1S/C11H15NO4/c1-7(13)6-12-11(15)10-8(14)4-3-5-9(10)16-2/h3-5,7,13-14H,6H2,1-2H3,(H,12,15). The van der Waals surface area contributed by atoms with Crippen LogP contribution >= 0.6 is 0 Å². The van der Waals surface area contributed by atoms with Crippen molar-refractivity contribution in [1.82, 2.24) is 5.32 Å². The van der Waals surface area contributed by atoms with E-state index in [0.717, 1.165) is 0 Å². The molecule has 0 aromatic heterocycles. The van der Waals surface area contributed by atoms with Crippen LogP contribution in [-0.2, 0) is 0 Å². The number of ether oxygens (including phenoxy) is 1. The fourth-order valence-electron chi connectivity index (χ4n) is 1.25. The Hall–Kier alpha value is -1.75. The van der Waals surface area contributed by atoms with Gasteiger partial charge in [0.25, 0.3) is 5.91 Å². The predicted octanol–water partition coefficient (Wildman–Crippen LogP) is 0.511. The van der Waals surface area contributed by atoms with Crippen molar-refractivity contribution in [2.24, 2.45) is 0 Å². The Balaban J connectivity index is 2.89. The van der Waals surface area contributed by atoms with E-state index in [-0.39, 0.29) is 17.9 Å². The number of aliphatic hydroxyl groups excluding tert-OH is 1. The van der Waals surface area contributed by atoms with Crippen LogP contribution in [0, 0.1) is 0 Å². The van der Waals surface area contributed by atoms with Gasteiger partial charge in [-0.1, -0.05) is 6.07 Å². The molecule has 0 saturated carbocycles. The normalized spacial score (nSPS) is 11.9. The average molecular weight is 225 g/mol. The minimum Gasteiger partial charge on any atom is -0.507 e. The molecule has 0 saturated heterocycles. The first-order valence-electron chi connectivity index (χ1n) is 4.88. The molecule has 1 unspecified atom stereocenters. The van der Waals surface area contributed by atoms with Crippen molar-refractivity contribution in [3.8, 4) is 11.5 Å². The summed E-state index contributed by atoms with van der Waals surface area (Å²) in [4.78, 5) is 11.7. The highest BCUT2D eigenvalue weighted by Crippen LogP contribution is 2.26. The van der Waals surface area contributed by atoms with E-state index < -0.39 is 12.0 Å². The average Bonchev–Trinajstić information content (AvgIpc) is 2.25. The number of rotatable bonds is 4. The third kappa shape index (κ3) is 2.87. The largest absolute Gasteiger partial charge is 0.507 e. The molecule has 1 aromatic rings. The van der Waals surface area contributed by atoms with Gasteiger partial charge in [0.15, 0.2) is 0 Å². The van der Waals surface area contributed by atoms with Crippen molar-refractivity contribution >= 4 is 5.91 Å². The van der Waals surface area contributed by atoms with Gasteiger partial charge in [-0.25, -0.2) is 0 Å². The Kier molecular flexibility index (Phi) is 4.13. The van der Waals surface area contributed by atoms with Crippen LogP contribution in [0.4, 0.5) is 0 Å². The number of methoxy groups -OCH3 is 1. The van der Waals surface area contributed by atoms with Crippen molar-refractivity contribution in [2.45, 2.75) is 13.0 Å². The Labute approximate surface area is 93.7 Å². The number of benzene rings is 1. The Morgan fingerprint density at radius 1 is 1.56 bits per heavy atom.